The van der Waals surface area contributed by atoms with Gasteiger partial charge in [-0.1, -0.05) is 0 Å². The summed E-state index contributed by atoms with van der Waals surface area (Å²) in [7, 11) is -3.62. The van der Waals surface area contributed by atoms with Crippen LogP contribution in [0.2, 0.25) is 0 Å². The van der Waals surface area contributed by atoms with Crippen LogP contribution in [0.1, 0.15) is 17.5 Å². The van der Waals surface area contributed by atoms with Gasteiger partial charge < -0.3 is 9.80 Å². The molecule has 1 fully saturated rings. The summed E-state index contributed by atoms with van der Waals surface area (Å²) >= 11 is 0. The van der Waals surface area contributed by atoms with Crippen LogP contribution >= 0.6 is 0 Å². The van der Waals surface area contributed by atoms with Crippen molar-refractivity contribution in [2.75, 3.05) is 44.2 Å². The molecule has 1 aliphatic rings. The molecule has 3 N–H and O–H groups in total. The maximum Gasteiger partial charge on any atom is 0.274 e. The van der Waals surface area contributed by atoms with Gasteiger partial charge in [0.25, 0.3) is 10.2 Å². The maximum absolute atomic E-state index is 11.0. The van der Waals surface area contributed by atoms with Crippen LogP contribution < -0.4 is 14.8 Å². The maximum atomic E-state index is 11.0. The van der Waals surface area contributed by atoms with Gasteiger partial charge in [0.2, 0.25) is 0 Å². The number of rotatable bonds is 5. The number of nitrogens with zero attached hydrogens (tertiary/aromatic N) is 4. The van der Waals surface area contributed by atoms with Gasteiger partial charge in [-0.25, -0.2) is 19.8 Å². The molecule has 2 aromatic rings. The summed E-state index contributed by atoms with van der Waals surface area (Å²) < 4.78 is 24.3. The van der Waals surface area contributed by atoms with E-state index in [-0.39, 0.29) is 0 Å². The molecule has 0 amide bonds. The van der Waals surface area contributed by atoms with Crippen LogP contribution in [-0.2, 0) is 10.2 Å². The topological polar surface area (TPSA) is 104 Å². The molecule has 8 nitrogen and oxygen atoms in total. The third kappa shape index (κ3) is 4.67. The molecule has 0 radical (unpaired) electrons. The molecule has 9 heteroatoms. The first kappa shape index (κ1) is 19.0. The largest absolute Gasteiger partial charge is 0.355 e. The molecule has 2 heterocycles. The van der Waals surface area contributed by atoms with Gasteiger partial charge in [0.1, 0.15) is 12.1 Å². The molecule has 0 unspecified atom stereocenters. The van der Waals surface area contributed by atoms with Crippen molar-refractivity contribution in [1.82, 2.24) is 19.6 Å². The van der Waals surface area contributed by atoms with Crippen LogP contribution in [0.5, 0.6) is 0 Å². The Balaban J connectivity index is 1.71. The van der Waals surface area contributed by atoms with Crippen LogP contribution in [0, 0.1) is 13.8 Å². The first-order valence-corrected chi connectivity index (χ1v) is 10.3. The summed E-state index contributed by atoms with van der Waals surface area (Å²) in [5.41, 5.74) is 3.43. The van der Waals surface area contributed by atoms with E-state index >= 15 is 0 Å². The van der Waals surface area contributed by atoms with E-state index in [0.29, 0.717) is 13.1 Å². The van der Waals surface area contributed by atoms with Crippen molar-refractivity contribution in [3.05, 3.63) is 29.6 Å². The first-order valence-electron chi connectivity index (χ1n) is 8.80. The van der Waals surface area contributed by atoms with Crippen molar-refractivity contribution in [3.8, 4) is 0 Å². The van der Waals surface area contributed by atoms with E-state index in [2.05, 4.69) is 50.5 Å². The lowest BCUT2D eigenvalue weighted by Gasteiger charge is -2.24. The minimum Gasteiger partial charge on any atom is -0.355 e. The Morgan fingerprint density at radius 1 is 1.12 bits per heavy atom. The normalized spacial score (nSPS) is 16.8. The zero-order chi connectivity index (χ0) is 18.7. The molecular formula is C17H26N6O2S. The highest BCUT2D eigenvalue weighted by molar-refractivity contribution is 7.87. The lowest BCUT2D eigenvalue weighted by molar-refractivity contribution is 0.298. The summed E-state index contributed by atoms with van der Waals surface area (Å²) in [5, 5.41) is 6.06. The van der Waals surface area contributed by atoms with Crippen LogP contribution in [0.3, 0.4) is 0 Å². The third-order valence-corrected chi connectivity index (χ3v) is 5.46. The Bertz CT molecular complexity index is 886. The average molecular weight is 379 g/mol. The number of anilines is 1. The summed E-state index contributed by atoms with van der Waals surface area (Å²) in [6.45, 7) is 8.70. The predicted molar refractivity (Wildman–Crippen MR) is 103 cm³/mol. The van der Waals surface area contributed by atoms with E-state index in [1.807, 2.05) is 0 Å². The van der Waals surface area contributed by atoms with Crippen molar-refractivity contribution in [2.45, 2.75) is 20.3 Å². The lowest BCUT2D eigenvalue weighted by atomic mass is 10.1. The molecule has 1 aromatic heterocycles. The van der Waals surface area contributed by atoms with Crippen LogP contribution in [0.4, 0.5) is 5.82 Å². The van der Waals surface area contributed by atoms with E-state index in [0.717, 1.165) is 49.3 Å². The minimum atomic E-state index is -3.62. The molecule has 26 heavy (non-hydrogen) atoms. The van der Waals surface area contributed by atoms with E-state index in [1.54, 1.807) is 6.33 Å². The van der Waals surface area contributed by atoms with E-state index in [4.69, 9.17) is 5.14 Å². The second-order valence-electron chi connectivity index (χ2n) is 6.77. The Morgan fingerprint density at radius 2 is 1.88 bits per heavy atom. The number of hydrogen-bond acceptors (Lipinski definition) is 6. The quantitative estimate of drug-likeness (QED) is 0.787. The number of aromatic nitrogens is 2. The number of hydrogen-bond donors (Lipinski definition) is 2. The zero-order valence-corrected chi connectivity index (χ0v) is 16.1. The Labute approximate surface area is 154 Å². The van der Waals surface area contributed by atoms with Crippen LogP contribution in [-0.4, -0.2) is 62.6 Å². The van der Waals surface area contributed by atoms with Crippen molar-refractivity contribution < 1.29 is 8.42 Å². The Hall–Kier alpha value is -1.81. The van der Waals surface area contributed by atoms with Gasteiger partial charge in [0, 0.05) is 38.1 Å². The third-order valence-electron chi connectivity index (χ3n) is 4.85. The fourth-order valence-electron chi connectivity index (χ4n) is 3.31. The number of aryl methyl sites for hydroxylation is 2. The summed E-state index contributed by atoms with van der Waals surface area (Å²) in [6, 6.07) is 4.28. The van der Waals surface area contributed by atoms with Gasteiger partial charge >= 0.3 is 0 Å². The van der Waals surface area contributed by atoms with Crippen molar-refractivity contribution in [1.29, 1.82) is 0 Å². The SMILES string of the molecule is Cc1cc2ncnc(N3CCCN(CCNS(N)(=O)=O)CC3)c2cc1C. The number of nitrogens with one attached hydrogen (secondary N) is 1. The second kappa shape index (κ2) is 7.83. The van der Waals surface area contributed by atoms with Crippen molar-refractivity contribution >= 4 is 26.9 Å². The minimum absolute atomic E-state index is 0.327. The zero-order valence-electron chi connectivity index (χ0n) is 15.3. The molecule has 0 atom stereocenters. The summed E-state index contributed by atoms with van der Waals surface area (Å²) in [6.07, 6.45) is 2.62. The average Bonchev–Trinajstić information content (AvgIpc) is 2.80. The van der Waals surface area contributed by atoms with E-state index in [1.165, 1.54) is 11.1 Å². The van der Waals surface area contributed by atoms with Gasteiger partial charge in [-0.15, -0.1) is 0 Å². The van der Waals surface area contributed by atoms with Gasteiger partial charge in [0.15, 0.2) is 0 Å². The Morgan fingerprint density at radius 3 is 2.65 bits per heavy atom. The number of benzene rings is 1. The molecule has 1 saturated heterocycles. The highest BCUT2D eigenvalue weighted by Crippen LogP contribution is 2.26. The molecule has 0 saturated carbocycles. The van der Waals surface area contributed by atoms with E-state index in [9.17, 15) is 8.42 Å². The van der Waals surface area contributed by atoms with Crippen LogP contribution in [0.15, 0.2) is 18.5 Å². The number of fused-ring (bicyclic) bond motifs is 1. The molecule has 3 rings (SSSR count). The Kier molecular flexibility index (Phi) is 5.71. The highest BCUT2D eigenvalue weighted by Gasteiger charge is 2.18. The molecule has 1 aromatic carbocycles. The van der Waals surface area contributed by atoms with Crippen molar-refractivity contribution in [3.63, 3.8) is 0 Å². The molecular weight excluding hydrogens is 352 g/mol. The van der Waals surface area contributed by atoms with Gasteiger partial charge in [-0.3, -0.25) is 0 Å². The summed E-state index contributed by atoms with van der Waals surface area (Å²) in [4.78, 5) is 13.5. The van der Waals surface area contributed by atoms with Gasteiger partial charge in [-0.2, -0.15) is 8.42 Å². The predicted octanol–water partition coefficient (Wildman–Crippen LogP) is 0.552. The standard InChI is InChI=1S/C17H26N6O2S/c1-13-10-15-16(11-14(13)2)19-12-20-17(15)23-6-3-5-22(8-9-23)7-4-21-26(18,24)25/h10-12,21H,3-9H2,1-2H3,(H2,18,24,25). The fourth-order valence-corrected chi connectivity index (χ4v) is 3.68. The van der Waals surface area contributed by atoms with Gasteiger partial charge in [0.05, 0.1) is 5.52 Å². The van der Waals surface area contributed by atoms with Crippen LogP contribution in [0.25, 0.3) is 10.9 Å². The molecule has 1 aliphatic heterocycles. The van der Waals surface area contributed by atoms with Gasteiger partial charge in [-0.05, 0) is 50.1 Å². The molecule has 0 aliphatic carbocycles. The smallest absolute Gasteiger partial charge is 0.274 e. The monoisotopic (exact) mass is 378 g/mol. The lowest BCUT2D eigenvalue weighted by Crippen LogP contribution is -2.39. The van der Waals surface area contributed by atoms with E-state index < -0.39 is 10.2 Å². The first-order chi connectivity index (χ1) is 12.3. The highest BCUT2D eigenvalue weighted by atomic mass is 32.2. The molecule has 142 valence electrons. The number of nitrogens with two attached hydrogens (primary N) is 1. The van der Waals surface area contributed by atoms with Crippen molar-refractivity contribution in [2.24, 2.45) is 5.14 Å². The molecule has 0 spiro atoms. The fraction of sp³-hybridized carbons (Fsp3) is 0.529. The summed E-state index contributed by atoms with van der Waals surface area (Å²) in [5.74, 6) is 0.975. The molecule has 0 bridgehead atoms. The second-order valence-corrected chi connectivity index (χ2v) is 8.15.